The fourth-order valence-electron chi connectivity index (χ4n) is 1.98. The molecule has 1 fully saturated rings. The first kappa shape index (κ1) is 19.1. The third kappa shape index (κ3) is 5.69. The van der Waals surface area contributed by atoms with E-state index in [1.807, 2.05) is 4.90 Å². The number of nitrogens with one attached hydrogen (secondary N) is 1. The number of thioether (sulfide) groups is 1. The van der Waals surface area contributed by atoms with Crippen molar-refractivity contribution >= 4 is 50.1 Å². The summed E-state index contributed by atoms with van der Waals surface area (Å²) in [4.78, 5) is 25.6. The van der Waals surface area contributed by atoms with Gasteiger partial charge in [-0.1, -0.05) is 23.1 Å². The van der Waals surface area contributed by atoms with Crippen molar-refractivity contribution in [2.45, 2.75) is 17.2 Å². The second kappa shape index (κ2) is 8.23. The number of aromatic nitrogens is 2. The van der Waals surface area contributed by atoms with Crippen LogP contribution in [-0.2, 0) is 19.6 Å². The van der Waals surface area contributed by atoms with E-state index in [4.69, 9.17) is 0 Å². The SMILES string of the molecule is CN(CC(=O)Nc1nnc(SCC(=O)N2CCCC2)s1)S(C)(=O)=O. The van der Waals surface area contributed by atoms with Crippen LogP contribution in [-0.4, -0.2) is 78.3 Å². The van der Waals surface area contributed by atoms with Gasteiger partial charge in [0.2, 0.25) is 27.0 Å². The summed E-state index contributed by atoms with van der Waals surface area (Å²) in [6, 6.07) is 0. The van der Waals surface area contributed by atoms with Crippen molar-refractivity contribution < 1.29 is 18.0 Å². The second-order valence-corrected chi connectivity index (χ2v) is 9.61. The third-order valence-corrected chi connectivity index (χ3v) is 6.58. The van der Waals surface area contributed by atoms with E-state index in [1.165, 1.54) is 18.8 Å². The molecule has 2 amide bonds. The van der Waals surface area contributed by atoms with E-state index in [1.54, 1.807) is 0 Å². The number of carbonyl (C=O) groups excluding carboxylic acids is 2. The predicted octanol–water partition coefficient (Wildman–Crippen LogP) is 0.0825. The van der Waals surface area contributed by atoms with Gasteiger partial charge in [0.05, 0.1) is 18.6 Å². The van der Waals surface area contributed by atoms with Crippen molar-refractivity contribution in [3.63, 3.8) is 0 Å². The summed E-state index contributed by atoms with van der Waals surface area (Å²) in [5.74, 6) is -0.129. The molecule has 9 nitrogen and oxygen atoms in total. The summed E-state index contributed by atoms with van der Waals surface area (Å²) in [7, 11) is -2.10. The van der Waals surface area contributed by atoms with Crippen LogP contribution in [0, 0.1) is 0 Å². The summed E-state index contributed by atoms with van der Waals surface area (Å²) in [5.41, 5.74) is 0. The van der Waals surface area contributed by atoms with E-state index in [2.05, 4.69) is 15.5 Å². The minimum atomic E-state index is -3.42. The highest BCUT2D eigenvalue weighted by Crippen LogP contribution is 2.26. The van der Waals surface area contributed by atoms with Crippen LogP contribution in [0.15, 0.2) is 4.34 Å². The molecule has 24 heavy (non-hydrogen) atoms. The molecular weight excluding hydrogens is 374 g/mol. The summed E-state index contributed by atoms with van der Waals surface area (Å²) in [5, 5.41) is 10.5. The maximum absolute atomic E-state index is 11.9. The number of carbonyl (C=O) groups is 2. The topological polar surface area (TPSA) is 113 Å². The number of likely N-dealkylation sites (tertiary alicyclic amines) is 1. The number of likely N-dealkylation sites (N-methyl/N-ethyl adjacent to an activating group) is 1. The van der Waals surface area contributed by atoms with Crippen LogP contribution in [0.3, 0.4) is 0 Å². The first-order valence-electron chi connectivity index (χ1n) is 7.21. The molecule has 1 N–H and O–H groups in total. The van der Waals surface area contributed by atoms with Crippen molar-refractivity contribution in [2.75, 3.05) is 44.0 Å². The van der Waals surface area contributed by atoms with E-state index in [0.717, 1.165) is 47.8 Å². The highest BCUT2D eigenvalue weighted by atomic mass is 32.2. The molecule has 0 bridgehead atoms. The quantitative estimate of drug-likeness (QED) is 0.516. The van der Waals surface area contributed by atoms with Gasteiger partial charge in [0.25, 0.3) is 0 Å². The number of rotatable bonds is 7. The first-order chi connectivity index (χ1) is 11.3. The molecule has 1 saturated heterocycles. The van der Waals surface area contributed by atoms with Gasteiger partial charge in [0, 0.05) is 20.1 Å². The van der Waals surface area contributed by atoms with Crippen LogP contribution < -0.4 is 5.32 Å². The predicted molar refractivity (Wildman–Crippen MR) is 92.6 cm³/mol. The first-order valence-corrected chi connectivity index (χ1v) is 10.9. The monoisotopic (exact) mass is 393 g/mol. The lowest BCUT2D eigenvalue weighted by Gasteiger charge is -2.13. The lowest BCUT2D eigenvalue weighted by Crippen LogP contribution is -2.34. The molecule has 134 valence electrons. The van der Waals surface area contributed by atoms with Gasteiger partial charge >= 0.3 is 0 Å². The molecule has 0 radical (unpaired) electrons. The minimum Gasteiger partial charge on any atom is -0.342 e. The number of anilines is 1. The van der Waals surface area contributed by atoms with Crippen LogP contribution in [0.5, 0.6) is 0 Å². The summed E-state index contributed by atoms with van der Waals surface area (Å²) >= 11 is 2.43. The number of amides is 2. The van der Waals surface area contributed by atoms with Crippen LogP contribution in [0.1, 0.15) is 12.8 Å². The second-order valence-electron chi connectivity index (χ2n) is 5.32. The Labute approximate surface area is 148 Å². The van der Waals surface area contributed by atoms with E-state index in [0.29, 0.717) is 10.1 Å². The van der Waals surface area contributed by atoms with Crippen LogP contribution in [0.2, 0.25) is 0 Å². The number of sulfonamides is 1. The van der Waals surface area contributed by atoms with Crippen LogP contribution in [0.4, 0.5) is 5.13 Å². The molecule has 0 saturated carbocycles. The fraction of sp³-hybridized carbons (Fsp3) is 0.667. The molecular formula is C12H19N5O4S3. The standard InChI is InChI=1S/C12H19N5O4S3/c1-16(24(2,20)21)7-9(18)13-11-14-15-12(23-11)22-8-10(19)17-5-3-4-6-17/h3-8H2,1-2H3,(H,13,14,18). The van der Waals surface area contributed by atoms with Crippen molar-refractivity contribution in [1.29, 1.82) is 0 Å². The van der Waals surface area contributed by atoms with E-state index < -0.39 is 15.9 Å². The van der Waals surface area contributed by atoms with Crippen molar-refractivity contribution in [2.24, 2.45) is 0 Å². The van der Waals surface area contributed by atoms with Crippen molar-refractivity contribution in [1.82, 2.24) is 19.4 Å². The molecule has 1 aromatic heterocycles. The summed E-state index contributed by atoms with van der Waals surface area (Å²) in [6.45, 7) is 1.32. The molecule has 1 aromatic rings. The zero-order valence-corrected chi connectivity index (χ0v) is 15.8. The Bertz CT molecular complexity index is 699. The number of hydrogen-bond acceptors (Lipinski definition) is 8. The van der Waals surface area contributed by atoms with Crippen LogP contribution in [0.25, 0.3) is 0 Å². The van der Waals surface area contributed by atoms with Gasteiger partial charge in [0.15, 0.2) is 4.34 Å². The molecule has 0 spiro atoms. The zero-order valence-electron chi connectivity index (χ0n) is 13.4. The average Bonchev–Trinajstić information content (AvgIpc) is 3.15. The van der Waals surface area contributed by atoms with Gasteiger partial charge in [-0.05, 0) is 12.8 Å². The van der Waals surface area contributed by atoms with Gasteiger partial charge in [-0.2, -0.15) is 4.31 Å². The summed E-state index contributed by atoms with van der Waals surface area (Å²) < 4.78 is 24.0. The molecule has 2 heterocycles. The highest BCUT2D eigenvalue weighted by Gasteiger charge is 2.19. The Morgan fingerprint density at radius 1 is 1.33 bits per heavy atom. The molecule has 1 aliphatic heterocycles. The molecule has 0 aliphatic carbocycles. The maximum atomic E-state index is 11.9. The largest absolute Gasteiger partial charge is 0.342 e. The van der Waals surface area contributed by atoms with Crippen LogP contribution >= 0.6 is 23.1 Å². The van der Waals surface area contributed by atoms with E-state index >= 15 is 0 Å². The number of nitrogens with zero attached hydrogens (tertiary/aromatic N) is 4. The molecule has 12 heteroatoms. The van der Waals surface area contributed by atoms with E-state index in [9.17, 15) is 18.0 Å². The zero-order chi connectivity index (χ0) is 17.7. The smallest absolute Gasteiger partial charge is 0.241 e. The Balaban J connectivity index is 1.80. The maximum Gasteiger partial charge on any atom is 0.241 e. The Hall–Kier alpha value is -1.24. The lowest BCUT2D eigenvalue weighted by molar-refractivity contribution is -0.127. The Morgan fingerprint density at radius 3 is 2.62 bits per heavy atom. The third-order valence-electron chi connectivity index (χ3n) is 3.36. The Kier molecular flexibility index (Phi) is 6.54. The van der Waals surface area contributed by atoms with Gasteiger partial charge in [0.1, 0.15) is 0 Å². The van der Waals surface area contributed by atoms with Crippen molar-refractivity contribution in [3.8, 4) is 0 Å². The molecule has 0 atom stereocenters. The van der Waals surface area contributed by atoms with Crippen molar-refractivity contribution in [3.05, 3.63) is 0 Å². The molecule has 0 aromatic carbocycles. The van der Waals surface area contributed by atoms with Gasteiger partial charge in [-0.3, -0.25) is 14.9 Å². The molecule has 1 aliphatic rings. The highest BCUT2D eigenvalue weighted by molar-refractivity contribution is 8.01. The number of hydrogen-bond donors (Lipinski definition) is 1. The summed E-state index contributed by atoms with van der Waals surface area (Å²) in [6.07, 6.45) is 3.12. The minimum absolute atomic E-state index is 0.0769. The molecule has 0 unspecified atom stereocenters. The fourth-order valence-corrected chi connectivity index (χ4v) is 4.00. The normalized spacial score (nSPS) is 15.0. The average molecular weight is 394 g/mol. The lowest BCUT2D eigenvalue weighted by atomic mass is 10.4. The Morgan fingerprint density at radius 2 is 2.00 bits per heavy atom. The molecule has 2 rings (SSSR count). The van der Waals surface area contributed by atoms with E-state index in [-0.39, 0.29) is 17.6 Å². The van der Waals surface area contributed by atoms with Gasteiger partial charge < -0.3 is 4.90 Å². The van der Waals surface area contributed by atoms with Gasteiger partial charge in [-0.15, -0.1) is 10.2 Å². The van der Waals surface area contributed by atoms with Gasteiger partial charge in [-0.25, -0.2) is 8.42 Å².